The predicted molar refractivity (Wildman–Crippen MR) is 80.8 cm³/mol. The Morgan fingerprint density at radius 1 is 1.46 bits per heavy atom. The number of pyridine rings is 1. The molecule has 130 valence electrons. The number of aliphatic hydroxyl groups is 1. The van der Waals surface area contributed by atoms with E-state index in [0.717, 1.165) is 0 Å². The third-order valence-corrected chi connectivity index (χ3v) is 4.21. The van der Waals surface area contributed by atoms with E-state index < -0.39 is 29.1 Å². The highest BCUT2D eigenvalue weighted by molar-refractivity contribution is 7.09. The van der Waals surface area contributed by atoms with Gasteiger partial charge in [0.25, 0.3) is 0 Å². The van der Waals surface area contributed by atoms with Crippen LogP contribution in [-0.2, 0) is 10.4 Å². The molecule has 24 heavy (non-hydrogen) atoms. The molecule has 1 amide bonds. The highest BCUT2D eigenvalue weighted by Crippen LogP contribution is 2.43. The molecule has 2 heterocycles. The number of nitrogens with zero attached hydrogens (tertiary/aromatic N) is 2. The second-order valence-electron chi connectivity index (χ2n) is 4.94. The van der Waals surface area contributed by atoms with Crippen molar-refractivity contribution >= 4 is 22.9 Å². The van der Waals surface area contributed by atoms with E-state index in [0.29, 0.717) is 17.0 Å². The molecule has 0 saturated carbocycles. The van der Waals surface area contributed by atoms with Crippen LogP contribution in [0, 0.1) is 6.92 Å². The van der Waals surface area contributed by atoms with Gasteiger partial charge in [-0.05, 0) is 19.1 Å². The molecule has 10 heteroatoms. The third-order valence-electron chi connectivity index (χ3n) is 3.10. The van der Waals surface area contributed by atoms with Crippen molar-refractivity contribution in [3.63, 3.8) is 0 Å². The first-order valence-electron chi connectivity index (χ1n) is 6.68. The van der Waals surface area contributed by atoms with Crippen molar-refractivity contribution in [1.82, 2.24) is 9.97 Å². The number of aromatic nitrogens is 2. The zero-order valence-corrected chi connectivity index (χ0v) is 13.5. The number of rotatable bonds is 5. The van der Waals surface area contributed by atoms with Crippen LogP contribution >= 0.6 is 11.3 Å². The molecule has 6 nitrogen and oxygen atoms in total. The number of halogens is 3. The van der Waals surface area contributed by atoms with E-state index in [1.807, 2.05) is 0 Å². The lowest BCUT2D eigenvalue weighted by Crippen LogP contribution is -2.45. The lowest BCUT2D eigenvalue weighted by atomic mass is 9.99. The lowest BCUT2D eigenvalue weighted by molar-refractivity contribution is -0.266. The van der Waals surface area contributed by atoms with E-state index in [1.165, 1.54) is 37.7 Å². The molecule has 0 aromatic carbocycles. The van der Waals surface area contributed by atoms with Crippen molar-refractivity contribution in [3.8, 4) is 5.88 Å². The first-order valence-corrected chi connectivity index (χ1v) is 7.56. The van der Waals surface area contributed by atoms with Crippen molar-refractivity contribution in [2.75, 3.05) is 12.4 Å². The Morgan fingerprint density at radius 2 is 2.17 bits per heavy atom. The van der Waals surface area contributed by atoms with Gasteiger partial charge < -0.3 is 15.2 Å². The van der Waals surface area contributed by atoms with Gasteiger partial charge in [-0.1, -0.05) is 0 Å². The number of amides is 1. The number of methoxy groups -OCH3 is 1. The maximum absolute atomic E-state index is 13.3. The van der Waals surface area contributed by atoms with E-state index >= 15 is 0 Å². The Kier molecular flexibility index (Phi) is 5.09. The van der Waals surface area contributed by atoms with Crippen molar-refractivity contribution < 1.29 is 27.8 Å². The summed E-state index contributed by atoms with van der Waals surface area (Å²) >= 11 is 0.641. The standard InChI is InChI=1S/C14H14F3N3O3S/c1-8-7-24-12(19-8)13(22,14(15,16)17)6-10(21)20-9-4-3-5-18-11(9)23-2/h3-5,7,22H,6H2,1-2H3,(H,20,21). The molecule has 0 radical (unpaired) electrons. The van der Waals surface area contributed by atoms with E-state index in [1.54, 1.807) is 0 Å². The van der Waals surface area contributed by atoms with E-state index in [-0.39, 0.29) is 11.6 Å². The van der Waals surface area contributed by atoms with Gasteiger partial charge in [0.2, 0.25) is 17.4 Å². The number of anilines is 1. The summed E-state index contributed by atoms with van der Waals surface area (Å²) in [4.78, 5) is 19.5. The fourth-order valence-corrected chi connectivity index (χ4v) is 2.83. The van der Waals surface area contributed by atoms with Crippen molar-refractivity contribution in [2.24, 2.45) is 0 Å². The van der Waals surface area contributed by atoms with Crippen LogP contribution in [0.25, 0.3) is 0 Å². The normalized spacial score (nSPS) is 14.1. The van der Waals surface area contributed by atoms with Crippen LogP contribution in [0.1, 0.15) is 17.1 Å². The molecule has 0 spiro atoms. The first kappa shape index (κ1) is 18.1. The van der Waals surface area contributed by atoms with Crippen LogP contribution in [0.15, 0.2) is 23.7 Å². The highest BCUT2D eigenvalue weighted by Gasteiger charge is 2.58. The maximum Gasteiger partial charge on any atom is 0.424 e. The Morgan fingerprint density at radius 3 is 2.71 bits per heavy atom. The average Bonchev–Trinajstić information content (AvgIpc) is 2.93. The van der Waals surface area contributed by atoms with Crippen molar-refractivity contribution in [3.05, 3.63) is 34.4 Å². The van der Waals surface area contributed by atoms with Crippen LogP contribution in [0.5, 0.6) is 5.88 Å². The SMILES string of the molecule is COc1ncccc1NC(=O)CC(O)(c1nc(C)cs1)C(F)(F)F. The van der Waals surface area contributed by atoms with E-state index in [2.05, 4.69) is 15.3 Å². The molecule has 1 atom stereocenters. The predicted octanol–water partition coefficient (Wildman–Crippen LogP) is 2.63. The van der Waals surface area contributed by atoms with Gasteiger partial charge in [-0.2, -0.15) is 13.2 Å². The molecule has 1 unspecified atom stereocenters. The van der Waals surface area contributed by atoms with Gasteiger partial charge in [0.1, 0.15) is 10.7 Å². The molecule has 0 bridgehead atoms. The monoisotopic (exact) mass is 361 g/mol. The number of carbonyl (C=O) groups is 1. The summed E-state index contributed by atoms with van der Waals surface area (Å²) in [5, 5.41) is 13.2. The Hall–Kier alpha value is -2.20. The van der Waals surface area contributed by atoms with E-state index in [9.17, 15) is 23.1 Å². The van der Waals surface area contributed by atoms with Crippen LogP contribution in [-0.4, -0.2) is 34.3 Å². The smallest absolute Gasteiger partial charge is 0.424 e. The van der Waals surface area contributed by atoms with Crippen LogP contribution in [0.3, 0.4) is 0 Å². The van der Waals surface area contributed by atoms with Gasteiger partial charge in [-0.15, -0.1) is 11.3 Å². The van der Waals surface area contributed by atoms with Crippen molar-refractivity contribution in [1.29, 1.82) is 0 Å². The van der Waals surface area contributed by atoms with Gasteiger partial charge in [0.15, 0.2) is 0 Å². The number of aryl methyl sites for hydroxylation is 1. The molecular weight excluding hydrogens is 347 g/mol. The van der Waals surface area contributed by atoms with Gasteiger partial charge in [-0.3, -0.25) is 4.79 Å². The minimum atomic E-state index is -5.06. The Labute approximate surface area is 139 Å². The topological polar surface area (TPSA) is 84.3 Å². The van der Waals surface area contributed by atoms with Crippen molar-refractivity contribution in [2.45, 2.75) is 25.1 Å². The molecule has 2 rings (SSSR count). The summed E-state index contributed by atoms with van der Waals surface area (Å²) in [6, 6.07) is 2.90. The molecule has 2 aromatic heterocycles. The average molecular weight is 361 g/mol. The molecule has 0 fully saturated rings. The van der Waals surface area contributed by atoms with Gasteiger partial charge in [-0.25, -0.2) is 9.97 Å². The third kappa shape index (κ3) is 3.65. The zero-order chi connectivity index (χ0) is 18.0. The van der Waals surface area contributed by atoms with Crippen LogP contribution in [0.4, 0.5) is 18.9 Å². The quantitative estimate of drug-likeness (QED) is 0.855. The molecular formula is C14H14F3N3O3S. The molecule has 0 aliphatic rings. The zero-order valence-electron chi connectivity index (χ0n) is 12.7. The summed E-state index contributed by atoms with van der Waals surface area (Å²) in [5.41, 5.74) is -2.94. The Bertz CT molecular complexity index is 735. The van der Waals surface area contributed by atoms with Gasteiger partial charge >= 0.3 is 6.18 Å². The number of hydrogen-bond acceptors (Lipinski definition) is 6. The molecule has 0 aliphatic carbocycles. The second kappa shape index (κ2) is 6.73. The number of ether oxygens (including phenoxy) is 1. The summed E-state index contributed by atoms with van der Waals surface area (Å²) in [7, 11) is 1.31. The highest BCUT2D eigenvalue weighted by atomic mass is 32.1. The number of nitrogens with one attached hydrogen (secondary N) is 1. The molecule has 2 N–H and O–H groups in total. The fraction of sp³-hybridized carbons (Fsp3) is 0.357. The summed E-state index contributed by atoms with van der Waals surface area (Å²) in [5.74, 6) is -1.000. The van der Waals surface area contributed by atoms with Crippen LogP contribution < -0.4 is 10.1 Å². The maximum atomic E-state index is 13.3. The number of carbonyl (C=O) groups excluding carboxylic acids is 1. The summed E-state index contributed by atoms with van der Waals surface area (Å²) in [6.45, 7) is 1.50. The summed E-state index contributed by atoms with van der Waals surface area (Å²) < 4.78 is 44.9. The van der Waals surface area contributed by atoms with E-state index in [4.69, 9.17) is 4.74 Å². The number of hydrogen-bond donors (Lipinski definition) is 2. The van der Waals surface area contributed by atoms with Crippen LogP contribution in [0.2, 0.25) is 0 Å². The number of thiazole rings is 1. The molecule has 2 aromatic rings. The molecule has 0 aliphatic heterocycles. The number of alkyl halides is 3. The Balaban J connectivity index is 2.26. The molecule has 0 saturated heterocycles. The largest absolute Gasteiger partial charge is 0.480 e. The first-order chi connectivity index (χ1) is 11.2. The van der Waals surface area contributed by atoms with Gasteiger partial charge in [0.05, 0.1) is 13.5 Å². The fourth-order valence-electron chi connectivity index (χ4n) is 1.92. The second-order valence-corrected chi connectivity index (χ2v) is 5.80. The minimum Gasteiger partial charge on any atom is -0.480 e. The minimum absolute atomic E-state index is 0.0477. The summed E-state index contributed by atoms with van der Waals surface area (Å²) in [6.07, 6.45) is -4.89. The lowest BCUT2D eigenvalue weighted by Gasteiger charge is -2.27. The van der Waals surface area contributed by atoms with Gasteiger partial charge in [0, 0.05) is 17.3 Å².